The molecule has 2 aromatic rings. The SMILES string of the molecule is CCNC1CC(=O)N(c2ccc3nc[nH]c3c2)C1. The van der Waals surface area contributed by atoms with E-state index in [1.54, 1.807) is 6.33 Å². The zero-order valence-corrected chi connectivity index (χ0v) is 10.3. The van der Waals surface area contributed by atoms with Crippen LogP contribution in [0.15, 0.2) is 24.5 Å². The van der Waals surface area contributed by atoms with Gasteiger partial charge in [-0.2, -0.15) is 0 Å². The highest BCUT2D eigenvalue weighted by molar-refractivity contribution is 5.97. The number of amides is 1. The number of hydrogen-bond acceptors (Lipinski definition) is 3. The van der Waals surface area contributed by atoms with E-state index >= 15 is 0 Å². The quantitative estimate of drug-likeness (QED) is 0.855. The van der Waals surface area contributed by atoms with Crippen molar-refractivity contribution < 1.29 is 4.79 Å². The lowest BCUT2D eigenvalue weighted by molar-refractivity contribution is -0.117. The van der Waals surface area contributed by atoms with E-state index in [1.165, 1.54) is 0 Å². The van der Waals surface area contributed by atoms with Crippen molar-refractivity contribution in [3.8, 4) is 0 Å². The Morgan fingerprint density at radius 2 is 2.44 bits per heavy atom. The number of rotatable bonds is 3. The molecule has 1 unspecified atom stereocenters. The number of anilines is 1. The van der Waals surface area contributed by atoms with Gasteiger partial charge in [-0.25, -0.2) is 4.98 Å². The Morgan fingerprint density at radius 3 is 3.28 bits per heavy atom. The Bertz CT molecular complexity index is 577. The van der Waals surface area contributed by atoms with Crippen LogP contribution in [0, 0.1) is 0 Å². The van der Waals surface area contributed by atoms with Gasteiger partial charge in [0.25, 0.3) is 0 Å². The molecule has 0 radical (unpaired) electrons. The van der Waals surface area contributed by atoms with E-state index in [9.17, 15) is 4.79 Å². The van der Waals surface area contributed by atoms with Gasteiger partial charge in [0.05, 0.1) is 17.4 Å². The monoisotopic (exact) mass is 244 g/mol. The van der Waals surface area contributed by atoms with Gasteiger partial charge in [-0.1, -0.05) is 6.92 Å². The van der Waals surface area contributed by atoms with Gasteiger partial charge in [0, 0.05) is 24.7 Å². The first kappa shape index (κ1) is 11.2. The van der Waals surface area contributed by atoms with Crippen molar-refractivity contribution in [1.29, 1.82) is 0 Å². The lowest BCUT2D eigenvalue weighted by atomic mass is 10.2. The molecule has 18 heavy (non-hydrogen) atoms. The average Bonchev–Trinajstić information content (AvgIpc) is 2.95. The summed E-state index contributed by atoms with van der Waals surface area (Å²) in [6.45, 7) is 3.70. The highest BCUT2D eigenvalue weighted by atomic mass is 16.2. The van der Waals surface area contributed by atoms with Crippen molar-refractivity contribution in [2.75, 3.05) is 18.0 Å². The Balaban J connectivity index is 1.87. The average molecular weight is 244 g/mol. The lowest BCUT2D eigenvalue weighted by Gasteiger charge is -2.17. The number of fused-ring (bicyclic) bond motifs is 1. The van der Waals surface area contributed by atoms with Gasteiger partial charge in [-0.15, -0.1) is 0 Å². The van der Waals surface area contributed by atoms with Crippen LogP contribution in [0.3, 0.4) is 0 Å². The van der Waals surface area contributed by atoms with E-state index in [4.69, 9.17) is 0 Å². The molecule has 3 rings (SSSR count). The topological polar surface area (TPSA) is 61.0 Å². The minimum atomic E-state index is 0.180. The van der Waals surface area contributed by atoms with Crippen LogP contribution < -0.4 is 10.2 Å². The van der Waals surface area contributed by atoms with Crippen molar-refractivity contribution in [1.82, 2.24) is 15.3 Å². The molecular weight excluding hydrogens is 228 g/mol. The molecule has 1 fully saturated rings. The maximum absolute atomic E-state index is 12.0. The number of imidazole rings is 1. The third-order valence-electron chi connectivity index (χ3n) is 3.33. The summed E-state index contributed by atoms with van der Waals surface area (Å²) >= 11 is 0. The number of benzene rings is 1. The second kappa shape index (κ2) is 4.42. The summed E-state index contributed by atoms with van der Waals surface area (Å²) in [6, 6.07) is 6.14. The maximum atomic E-state index is 12.0. The number of likely N-dealkylation sites (N-methyl/N-ethyl adjacent to an activating group) is 1. The Morgan fingerprint density at radius 1 is 1.56 bits per heavy atom. The zero-order valence-electron chi connectivity index (χ0n) is 10.3. The van der Waals surface area contributed by atoms with Gasteiger partial charge in [-0.05, 0) is 24.7 Å². The van der Waals surface area contributed by atoms with Gasteiger partial charge < -0.3 is 15.2 Å². The number of carbonyl (C=O) groups is 1. The summed E-state index contributed by atoms with van der Waals surface area (Å²) in [4.78, 5) is 21.1. The number of H-pyrrole nitrogens is 1. The third kappa shape index (κ3) is 1.86. The molecule has 0 aliphatic carbocycles. The standard InChI is InChI=1S/C13H16N4O/c1-2-14-9-5-13(18)17(7-9)10-3-4-11-12(6-10)16-8-15-11/h3-4,6,8-9,14H,2,5,7H2,1H3,(H,15,16). The number of carbonyl (C=O) groups excluding carboxylic acids is 1. The number of aromatic amines is 1. The van der Waals surface area contributed by atoms with Gasteiger partial charge in [0.1, 0.15) is 0 Å². The normalized spacial score (nSPS) is 19.9. The van der Waals surface area contributed by atoms with E-state index < -0.39 is 0 Å². The van der Waals surface area contributed by atoms with Crippen LogP contribution in [0.2, 0.25) is 0 Å². The van der Waals surface area contributed by atoms with Gasteiger partial charge in [0.15, 0.2) is 0 Å². The van der Waals surface area contributed by atoms with Crippen molar-refractivity contribution in [2.45, 2.75) is 19.4 Å². The summed E-state index contributed by atoms with van der Waals surface area (Å²) in [5, 5.41) is 3.32. The van der Waals surface area contributed by atoms with Crippen molar-refractivity contribution in [3.05, 3.63) is 24.5 Å². The predicted octanol–water partition coefficient (Wildman–Crippen LogP) is 1.28. The molecule has 0 spiro atoms. The summed E-state index contributed by atoms with van der Waals surface area (Å²) in [7, 11) is 0. The highest BCUT2D eigenvalue weighted by Crippen LogP contribution is 2.24. The largest absolute Gasteiger partial charge is 0.345 e. The number of nitrogens with one attached hydrogen (secondary N) is 2. The fourth-order valence-corrected chi connectivity index (χ4v) is 2.47. The Hall–Kier alpha value is -1.88. The molecular formula is C13H16N4O. The summed E-state index contributed by atoms with van der Waals surface area (Å²) in [5.74, 6) is 0.180. The van der Waals surface area contributed by atoms with E-state index in [2.05, 4.69) is 22.2 Å². The summed E-state index contributed by atoms with van der Waals surface area (Å²) < 4.78 is 0. The van der Waals surface area contributed by atoms with Gasteiger partial charge >= 0.3 is 0 Å². The second-order valence-electron chi connectivity index (χ2n) is 4.57. The third-order valence-corrected chi connectivity index (χ3v) is 3.33. The molecule has 1 atom stereocenters. The first-order valence-corrected chi connectivity index (χ1v) is 6.25. The molecule has 0 bridgehead atoms. The molecule has 1 saturated heterocycles. The molecule has 1 aliphatic rings. The molecule has 1 aromatic heterocycles. The second-order valence-corrected chi connectivity index (χ2v) is 4.57. The molecule has 5 nitrogen and oxygen atoms in total. The van der Waals surface area contributed by atoms with Crippen LogP contribution in [0.25, 0.3) is 11.0 Å². The molecule has 0 saturated carbocycles. The lowest BCUT2D eigenvalue weighted by Crippen LogP contribution is -2.32. The first-order chi connectivity index (χ1) is 8.78. The number of nitrogens with zero attached hydrogens (tertiary/aromatic N) is 2. The van der Waals surface area contributed by atoms with Crippen LogP contribution >= 0.6 is 0 Å². The van der Waals surface area contributed by atoms with Crippen LogP contribution in [0.5, 0.6) is 0 Å². The van der Waals surface area contributed by atoms with E-state index in [-0.39, 0.29) is 11.9 Å². The van der Waals surface area contributed by atoms with Gasteiger partial charge in [0.2, 0.25) is 5.91 Å². The molecule has 2 N–H and O–H groups in total. The fourth-order valence-electron chi connectivity index (χ4n) is 2.47. The van der Waals surface area contributed by atoms with Crippen molar-refractivity contribution in [3.63, 3.8) is 0 Å². The summed E-state index contributed by atoms with van der Waals surface area (Å²) in [5.41, 5.74) is 2.83. The molecule has 1 amide bonds. The van der Waals surface area contributed by atoms with Crippen LogP contribution in [-0.2, 0) is 4.79 Å². The van der Waals surface area contributed by atoms with E-state index in [1.807, 2.05) is 23.1 Å². The molecule has 1 aliphatic heterocycles. The minimum Gasteiger partial charge on any atom is -0.345 e. The smallest absolute Gasteiger partial charge is 0.228 e. The Labute approximate surface area is 105 Å². The number of hydrogen-bond donors (Lipinski definition) is 2. The van der Waals surface area contributed by atoms with Crippen LogP contribution in [0.1, 0.15) is 13.3 Å². The minimum absolute atomic E-state index is 0.180. The molecule has 1 aromatic carbocycles. The predicted molar refractivity (Wildman–Crippen MR) is 70.5 cm³/mol. The molecule has 5 heteroatoms. The summed E-state index contributed by atoms with van der Waals surface area (Å²) in [6.07, 6.45) is 2.25. The van der Waals surface area contributed by atoms with Crippen LogP contribution in [-0.4, -0.2) is 35.0 Å². The van der Waals surface area contributed by atoms with Crippen molar-refractivity contribution >= 4 is 22.6 Å². The molecule has 94 valence electrons. The Kier molecular flexibility index (Phi) is 2.76. The highest BCUT2D eigenvalue weighted by Gasteiger charge is 2.29. The van der Waals surface area contributed by atoms with E-state index in [0.717, 1.165) is 29.8 Å². The van der Waals surface area contributed by atoms with Crippen LogP contribution in [0.4, 0.5) is 5.69 Å². The van der Waals surface area contributed by atoms with Gasteiger partial charge in [-0.3, -0.25) is 4.79 Å². The van der Waals surface area contributed by atoms with E-state index in [0.29, 0.717) is 6.42 Å². The fraction of sp³-hybridized carbons (Fsp3) is 0.385. The number of aromatic nitrogens is 2. The van der Waals surface area contributed by atoms with Crippen molar-refractivity contribution in [2.24, 2.45) is 0 Å². The molecule has 2 heterocycles. The first-order valence-electron chi connectivity index (χ1n) is 6.25. The zero-order chi connectivity index (χ0) is 12.5. The maximum Gasteiger partial charge on any atom is 0.228 e.